The molecule has 0 fully saturated rings. The summed E-state index contributed by atoms with van der Waals surface area (Å²) in [4.78, 5) is 18.7. The number of fused-ring (bicyclic) bond motifs is 1. The van der Waals surface area contributed by atoms with Crippen molar-refractivity contribution in [2.45, 2.75) is 6.04 Å². The van der Waals surface area contributed by atoms with E-state index in [4.69, 9.17) is 16.4 Å². The summed E-state index contributed by atoms with van der Waals surface area (Å²) in [6.07, 6.45) is 10.6. The first-order chi connectivity index (χ1) is 9.76. The van der Waals surface area contributed by atoms with Gasteiger partial charge in [-0.2, -0.15) is 5.26 Å². The smallest absolute Gasteiger partial charge is 0.229 e. The fourth-order valence-electron chi connectivity index (χ4n) is 1.95. The summed E-state index contributed by atoms with van der Waals surface area (Å²) in [5.41, 5.74) is 0.932. The molecule has 1 atom stereocenters. The largest absolute Gasteiger partial charge is 0.480 e. The Kier molecular flexibility index (Phi) is 3.78. The molecule has 2 heterocycles. The Morgan fingerprint density at radius 3 is 2.90 bits per heavy atom. The molecule has 0 aliphatic heterocycles. The molecule has 20 heavy (non-hydrogen) atoms. The summed E-state index contributed by atoms with van der Waals surface area (Å²) in [6.45, 7) is 0. The molecule has 98 valence electrons. The highest BCUT2D eigenvalue weighted by molar-refractivity contribution is 5.92. The number of terminal acetylenes is 1. The Morgan fingerprint density at radius 1 is 1.50 bits per heavy atom. The molecule has 0 saturated carbocycles. The van der Waals surface area contributed by atoms with Crippen LogP contribution in [0.3, 0.4) is 0 Å². The molecule has 0 saturated heterocycles. The van der Waals surface area contributed by atoms with Crippen LogP contribution in [0.15, 0.2) is 18.6 Å². The summed E-state index contributed by atoms with van der Waals surface area (Å²) in [7, 11) is 1.46. The first-order valence-electron chi connectivity index (χ1n) is 5.63. The van der Waals surface area contributed by atoms with Gasteiger partial charge in [0.15, 0.2) is 0 Å². The third kappa shape index (κ3) is 2.11. The summed E-state index contributed by atoms with van der Waals surface area (Å²) < 4.78 is 5.13. The number of hydrogen-bond donors (Lipinski definition) is 1. The number of methoxy groups -OCH3 is 1. The molecule has 6 nitrogen and oxygen atoms in total. The molecule has 0 spiro atoms. The Bertz CT molecular complexity index is 743. The quantitative estimate of drug-likeness (QED) is 0.657. The fraction of sp³-hybridized carbons (Fsp3) is 0.143. The maximum atomic E-state index is 10.6. The summed E-state index contributed by atoms with van der Waals surface area (Å²) in [5, 5.41) is 12.9. The first kappa shape index (κ1) is 13.3. The summed E-state index contributed by atoms with van der Waals surface area (Å²) in [6, 6.07) is 1.14. The van der Waals surface area contributed by atoms with Crippen LogP contribution < -0.4 is 10.1 Å². The molecule has 2 rings (SSSR count). The average molecular weight is 266 g/mol. The first-order valence-corrected chi connectivity index (χ1v) is 5.63. The number of rotatable bonds is 4. The molecule has 2 aromatic heterocycles. The van der Waals surface area contributed by atoms with Crippen LogP contribution in [0.25, 0.3) is 10.8 Å². The van der Waals surface area contributed by atoms with Gasteiger partial charge in [0, 0.05) is 34.9 Å². The van der Waals surface area contributed by atoms with Gasteiger partial charge in [-0.15, -0.1) is 6.42 Å². The number of carbonyl (C=O) groups is 1. The predicted molar refractivity (Wildman–Crippen MR) is 71.6 cm³/mol. The van der Waals surface area contributed by atoms with Gasteiger partial charge >= 0.3 is 0 Å². The van der Waals surface area contributed by atoms with Gasteiger partial charge in [-0.3, -0.25) is 9.78 Å². The number of carbonyl (C=O) groups excluding carboxylic acids is 1. The van der Waals surface area contributed by atoms with Crippen molar-refractivity contribution in [2.75, 3.05) is 7.11 Å². The van der Waals surface area contributed by atoms with E-state index in [9.17, 15) is 4.79 Å². The van der Waals surface area contributed by atoms with Gasteiger partial charge in [0.25, 0.3) is 0 Å². The minimum Gasteiger partial charge on any atom is -0.480 e. The monoisotopic (exact) mass is 266 g/mol. The predicted octanol–water partition coefficient (Wildman–Crippen LogP) is 0.930. The van der Waals surface area contributed by atoms with E-state index in [0.29, 0.717) is 28.3 Å². The van der Waals surface area contributed by atoms with E-state index in [1.54, 1.807) is 12.4 Å². The zero-order valence-electron chi connectivity index (χ0n) is 10.6. The van der Waals surface area contributed by atoms with E-state index in [0.717, 1.165) is 0 Å². The minimum absolute atomic E-state index is 0.287. The molecule has 0 bridgehead atoms. The number of nitriles is 1. The number of aromatic nitrogens is 2. The Hall–Kier alpha value is -3.12. The molecular weight excluding hydrogens is 256 g/mol. The number of nitrogens with one attached hydrogen (secondary N) is 1. The van der Waals surface area contributed by atoms with E-state index in [2.05, 4.69) is 21.2 Å². The van der Waals surface area contributed by atoms with E-state index < -0.39 is 6.04 Å². The normalized spacial score (nSPS) is 11.2. The number of ether oxygens (including phenoxy) is 1. The van der Waals surface area contributed by atoms with Crippen LogP contribution in [0.1, 0.15) is 17.2 Å². The lowest BCUT2D eigenvalue weighted by molar-refractivity contribution is -0.109. The van der Waals surface area contributed by atoms with Crippen molar-refractivity contribution in [3.63, 3.8) is 0 Å². The van der Waals surface area contributed by atoms with Crippen molar-refractivity contribution >= 4 is 17.2 Å². The topological polar surface area (TPSA) is 87.9 Å². The number of nitrogens with zero attached hydrogens (tertiary/aromatic N) is 3. The SMILES string of the molecule is C#Cc1c(OC)ncc2cncc(C(C#N)NC=O)c12. The molecule has 0 aliphatic carbocycles. The van der Waals surface area contributed by atoms with Crippen LogP contribution in [0, 0.1) is 23.7 Å². The molecule has 0 aliphatic rings. The standard InChI is InChI=1S/C14H10N4O2/c1-3-10-13-9(6-17-14(10)20-2)5-16-7-11(13)12(4-15)18-8-19/h1,5-8,12H,2H3,(H,18,19). The minimum atomic E-state index is -0.845. The van der Waals surface area contributed by atoms with Crippen molar-refractivity contribution in [3.8, 4) is 24.3 Å². The lowest BCUT2D eigenvalue weighted by Crippen LogP contribution is -2.18. The van der Waals surface area contributed by atoms with Crippen LogP contribution in [-0.4, -0.2) is 23.5 Å². The van der Waals surface area contributed by atoms with Crippen molar-refractivity contribution in [2.24, 2.45) is 0 Å². The second-order valence-electron chi connectivity index (χ2n) is 3.83. The van der Waals surface area contributed by atoms with E-state index in [-0.39, 0.29) is 5.88 Å². The lowest BCUT2D eigenvalue weighted by atomic mass is 9.99. The zero-order chi connectivity index (χ0) is 14.5. The third-order valence-corrected chi connectivity index (χ3v) is 2.80. The molecule has 1 N–H and O–H groups in total. The fourth-order valence-corrected chi connectivity index (χ4v) is 1.95. The number of hydrogen-bond acceptors (Lipinski definition) is 5. The van der Waals surface area contributed by atoms with Crippen molar-refractivity contribution in [3.05, 3.63) is 29.7 Å². The molecule has 0 radical (unpaired) electrons. The third-order valence-electron chi connectivity index (χ3n) is 2.80. The van der Waals surface area contributed by atoms with Gasteiger partial charge in [-0.1, -0.05) is 5.92 Å². The number of amides is 1. The Labute approximate surface area is 115 Å². The Morgan fingerprint density at radius 2 is 2.30 bits per heavy atom. The van der Waals surface area contributed by atoms with E-state index in [1.807, 2.05) is 6.07 Å². The van der Waals surface area contributed by atoms with Gasteiger partial charge in [0.05, 0.1) is 18.7 Å². The molecule has 1 unspecified atom stereocenters. The molecule has 1 amide bonds. The van der Waals surface area contributed by atoms with Gasteiger partial charge < -0.3 is 10.1 Å². The molecule has 0 aromatic carbocycles. The second kappa shape index (κ2) is 5.68. The maximum Gasteiger partial charge on any atom is 0.229 e. The van der Waals surface area contributed by atoms with Crippen LogP contribution in [0.2, 0.25) is 0 Å². The lowest BCUT2D eigenvalue weighted by Gasteiger charge is -2.13. The average Bonchev–Trinajstić information content (AvgIpc) is 2.50. The van der Waals surface area contributed by atoms with Crippen molar-refractivity contribution in [1.82, 2.24) is 15.3 Å². The van der Waals surface area contributed by atoms with Gasteiger partial charge in [0.2, 0.25) is 12.3 Å². The van der Waals surface area contributed by atoms with Crippen LogP contribution >= 0.6 is 0 Å². The van der Waals surface area contributed by atoms with Crippen LogP contribution in [-0.2, 0) is 4.79 Å². The molecular formula is C14H10N4O2. The van der Waals surface area contributed by atoms with Crippen molar-refractivity contribution in [1.29, 1.82) is 5.26 Å². The highest BCUT2D eigenvalue weighted by Crippen LogP contribution is 2.30. The zero-order valence-corrected chi connectivity index (χ0v) is 10.6. The van der Waals surface area contributed by atoms with E-state index >= 15 is 0 Å². The highest BCUT2D eigenvalue weighted by Gasteiger charge is 2.18. The molecule has 2 aromatic rings. The van der Waals surface area contributed by atoms with E-state index in [1.165, 1.54) is 13.3 Å². The summed E-state index contributed by atoms with van der Waals surface area (Å²) >= 11 is 0. The van der Waals surface area contributed by atoms with Gasteiger partial charge in [-0.25, -0.2) is 4.98 Å². The van der Waals surface area contributed by atoms with Gasteiger partial charge in [-0.05, 0) is 0 Å². The maximum absolute atomic E-state index is 10.6. The summed E-state index contributed by atoms with van der Waals surface area (Å²) in [5.74, 6) is 2.80. The van der Waals surface area contributed by atoms with Crippen LogP contribution in [0.4, 0.5) is 0 Å². The second-order valence-corrected chi connectivity index (χ2v) is 3.83. The van der Waals surface area contributed by atoms with Crippen LogP contribution in [0.5, 0.6) is 5.88 Å². The highest BCUT2D eigenvalue weighted by atomic mass is 16.5. The van der Waals surface area contributed by atoms with Crippen molar-refractivity contribution < 1.29 is 9.53 Å². The van der Waals surface area contributed by atoms with Gasteiger partial charge in [0.1, 0.15) is 6.04 Å². The number of pyridine rings is 2. The molecule has 6 heteroatoms. The Balaban J connectivity index is 2.82.